The molecular formula is C16H17F3N2. The summed E-state index contributed by atoms with van der Waals surface area (Å²) in [5.74, 6) is -1.81. The number of hydrogen-bond acceptors (Lipinski definition) is 2. The minimum Gasteiger partial charge on any atom is -0.306 e. The van der Waals surface area contributed by atoms with Crippen molar-refractivity contribution in [3.63, 3.8) is 0 Å². The van der Waals surface area contributed by atoms with Crippen LogP contribution in [0.1, 0.15) is 36.1 Å². The fourth-order valence-electron chi connectivity index (χ4n) is 2.20. The summed E-state index contributed by atoms with van der Waals surface area (Å²) >= 11 is 0. The molecule has 1 unspecified atom stereocenters. The van der Waals surface area contributed by atoms with E-state index in [1.807, 2.05) is 6.92 Å². The second-order valence-corrected chi connectivity index (χ2v) is 4.92. The highest BCUT2D eigenvalue weighted by atomic mass is 19.1. The SMILES string of the molecule is CCCNC(c1cncc(F)c1)c1c(F)ccc(C)c1F. The van der Waals surface area contributed by atoms with Crippen molar-refractivity contribution in [2.45, 2.75) is 26.3 Å². The molecule has 0 saturated heterocycles. The maximum Gasteiger partial charge on any atom is 0.141 e. The average molecular weight is 294 g/mol. The van der Waals surface area contributed by atoms with E-state index in [2.05, 4.69) is 10.3 Å². The first-order chi connectivity index (χ1) is 10.0. The lowest BCUT2D eigenvalue weighted by molar-refractivity contribution is 0.496. The van der Waals surface area contributed by atoms with Crippen LogP contribution in [0.4, 0.5) is 13.2 Å². The number of aromatic nitrogens is 1. The van der Waals surface area contributed by atoms with Gasteiger partial charge in [0.2, 0.25) is 0 Å². The van der Waals surface area contributed by atoms with Crippen molar-refractivity contribution in [1.82, 2.24) is 10.3 Å². The van der Waals surface area contributed by atoms with Gasteiger partial charge in [-0.2, -0.15) is 0 Å². The number of rotatable bonds is 5. The normalized spacial score (nSPS) is 12.4. The zero-order chi connectivity index (χ0) is 15.4. The van der Waals surface area contributed by atoms with E-state index in [-0.39, 0.29) is 5.56 Å². The molecule has 0 radical (unpaired) electrons. The van der Waals surface area contributed by atoms with Gasteiger partial charge in [-0.3, -0.25) is 4.98 Å². The molecule has 1 aromatic heterocycles. The molecule has 2 nitrogen and oxygen atoms in total. The predicted octanol–water partition coefficient (Wildman–Crippen LogP) is 3.90. The number of nitrogens with zero attached hydrogens (tertiary/aromatic N) is 1. The topological polar surface area (TPSA) is 24.9 Å². The highest BCUT2D eigenvalue weighted by Crippen LogP contribution is 2.28. The number of nitrogens with one attached hydrogen (secondary N) is 1. The fraction of sp³-hybridized carbons (Fsp3) is 0.312. The number of halogens is 3. The van der Waals surface area contributed by atoms with Crippen molar-refractivity contribution in [3.8, 4) is 0 Å². The van der Waals surface area contributed by atoms with Crippen molar-refractivity contribution in [1.29, 1.82) is 0 Å². The van der Waals surface area contributed by atoms with Gasteiger partial charge < -0.3 is 5.32 Å². The third-order valence-corrected chi connectivity index (χ3v) is 3.27. The zero-order valence-electron chi connectivity index (χ0n) is 12.0. The molecule has 0 aliphatic carbocycles. The summed E-state index contributed by atoms with van der Waals surface area (Å²) in [6.07, 6.45) is 3.26. The Balaban J connectivity index is 2.53. The Morgan fingerprint density at radius 2 is 1.95 bits per heavy atom. The van der Waals surface area contributed by atoms with E-state index in [1.165, 1.54) is 24.4 Å². The second-order valence-electron chi connectivity index (χ2n) is 4.92. The van der Waals surface area contributed by atoms with Gasteiger partial charge >= 0.3 is 0 Å². The first-order valence-electron chi connectivity index (χ1n) is 6.83. The standard InChI is InChI=1S/C16H17F3N2/c1-3-6-21-16(11-7-12(17)9-20-8-11)14-13(18)5-4-10(2)15(14)19/h4-5,7-9,16,21H,3,6H2,1-2H3. The van der Waals surface area contributed by atoms with Crippen LogP contribution in [0, 0.1) is 24.4 Å². The summed E-state index contributed by atoms with van der Waals surface area (Å²) in [6, 6.07) is 3.07. The van der Waals surface area contributed by atoms with Crippen LogP contribution >= 0.6 is 0 Å². The van der Waals surface area contributed by atoms with E-state index < -0.39 is 23.5 Å². The van der Waals surface area contributed by atoms with Gasteiger partial charge in [-0.25, -0.2) is 13.2 Å². The molecule has 0 spiro atoms. The van der Waals surface area contributed by atoms with Crippen LogP contribution in [0.5, 0.6) is 0 Å². The van der Waals surface area contributed by atoms with Crippen LogP contribution in [0.2, 0.25) is 0 Å². The molecule has 1 aromatic carbocycles. The van der Waals surface area contributed by atoms with Gasteiger partial charge in [0.15, 0.2) is 0 Å². The van der Waals surface area contributed by atoms with E-state index in [4.69, 9.17) is 0 Å². The minimum absolute atomic E-state index is 0.101. The van der Waals surface area contributed by atoms with E-state index in [0.717, 1.165) is 12.6 Å². The molecule has 1 atom stereocenters. The molecule has 112 valence electrons. The van der Waals surface area contributed by atoms with Gasteiger partial charge in [0.1, 0.15) is 17.5 Å². The molecule has 0 saturated carbocycles. The molecule has 2 rings (SSSR count). The smallest absolute Gasteiger partial charge is 0.141 e. The van der Waals surface area contributed by atoms with Gasteiger partial charge in [-0.1, -0.05) is 13.0 Å². The summed E-state index contributed by atoms with van der Waals surface area (Å²) in [5, 5.41) is 3.05. The van der Waals surface area contributed by atoms with Gasteiger partial charge in [0.05, 0.1) is 12.2 Å². The largest absolute Gasteiger partial charge is 0.306 e. The number of benzene rings is 1. The molecule has 2 aromatic rings. The number of aryl methyl sites for hydroxylation is 1. The van der Waals surface area contributed by atoms with E-state index in [1.54, 1.807) is 6.92 Å². The van der Waals surface area contributed by atoms with E-state index in [0.29, 0.717) is 17.7 Å². The monoisotopic (exact) mass is 294 g/mol. The van der Waals surface area contributed by atoms with Gasteiger partial charge in [-0.15, -0.1) is 0 Å². The van der Waals surface area contributed by atoms with E-state index >= 15 is 0 Å². The fourth-order valence-corrected chi connectivity index (χ4v) is 2.20. The summed E-state index contributed by atoms with van der Waals surface area (Å²) in [6.45, 7) is 4.06. The lowest BCUT2D eigenvalue weighted by Gasteiger charge is -2.21. The van der Waals surface area contributed by atoms with Crippen molar-refractivity contribution in [3.05, 3.63) is 64.7 Å². The molecule has 0 aliphatic heterocycles. The molecule has 0 aliphatic rings. The lowest BCUT2D eigenvalue weighted by atomic mass is 9.97. The first kappa shape index (κ1) is 15.5. The Morgan fingerprint density at radius 3 is 2.62 bits per heavy atom. The lowest BCUT2D eigenvalue weighted by Crippen LogP contribution is -2.25. The van der Waals surface area contributed by atoms with Gasteiger partial charge in [-0.05, 0) is 43.1 Å². The summed E-state index contributed by atoms with van der Waals surface area (Å²) < 4.78 is 41.8. The van der Waals surface area contributed by atoms with Gasteiger partial charge in [0.25, 0.3) is 0 Å². The van der Waals surface area contributed by atoms with Crippen molar-refractivity contribution >= 4 is 0 Å². The summed E-state index contributed by atoms with van der Waals surface area (Å²) in [7, 11) is 0. The van der Waals surface area contributed by atoms with E-state index in [9.17, 15) is 13.2 Å². The maximum absolute atomic E-state index is 14.3. The molecule has 5 heteroatoms. The molecule has 0 amide bonds. The Kier molecular flexibility index (Phi) is 4.96. The Labute approximate surface area is 122 Å². The van der Waals surface area contributed by atoms with Gasteiger partial charge in [0, 0.05) is 11.8 Å². The van der Waals surface area contributed by atoms with Crippen LogP contribution in [0.25, 0.3) is 0 Å². The van der Waals surface area contributed by atoms with Crippen LogP contribution < -0.4 is 5.32 Å². The number of pyridine rings is 1. The third-order valence-electron chi connectivity index (χ3n) is 3.27. The summed E-state index contributed by atoms with van der Waals surface area (Å²) in [4.78, 5) is 3.76. The average Bonchev–Trinajstić information content (AvgIpc) is 2.46. The number of hydrogen-bond donors (Lipinski definition) is 1. The zero-order valence-corrected chi connectivity index (χ0v) is 12.0. The molecular weight excluding hydrogens is 277 g/mol. The first-order valence-corrected chi connectivity index (χ1v) is 6.83. The maximum atomic E-state index is 14.3. The quantitative estimate of drug-likeness (QED) is 0.904. The second kappa shape index (κ2) is 6.72. The molecule has 1 heterocycles. The highest BCUT2D eigenvalue weighted by Gasteiger charge is 2.23. The molecule has 21 heavy (non-hydrogen) atoms. The Morgan fingerprint density at radius 1 is 1.19 bits per heavy atom. The van der Waals surface area contributed by atoms with Crippen LogP contribution in [-0.4, -0.2) is 11.5 Å². The summed E-state index contributed by atoms with van der Waals surface area (Å²) in [5.41, 5.74) is 0.641. The molecule has 0 bridgehead atoms. The Bertz CT molecular complexity index is 629. The Hall–Kier alpha value is -1.88. The highest BCUT2D eigenvalue weighted by molar-refractivity contribution is 5.35. The van der Waals surface area contributed by atoms with Crippen molar-refractivity contribution in [2.75, 3.05) is 6.54 Å². The minimum atomic E-state index is -0.770. The van der Waals surface area contributed by atoms with Crippen LogP contribution in [0.3, 0.4) is 0 Å². The van der Waals surface area contributed by atoms with Crippen LogP contribution in [0.15, 0.2) is 30.6 Å². The predicted molar refractivity (Wildman–Crippen MR) is 75.4 cm³/mol. The molecule has 1 N–H and O–H groups in total. The third kappa shape index (κ3) is 3.42. The van der Waals surface area contributed by atoms with Crippen molar-refractivity contribution < 1.29 is 13.2 Å². The van der Waals surface area contributed by atoms with Crippen molar-refractivity contribution in [2.24, 2.45) is 0 Å². The molecule has 0 fully saturated rings. The van der Waals surface area contributed by atoms with Crippen LogP contribution in [-0.2, 0) is 0 Å².